The first kappa shape index (κ1) is 13.6. The second kappa shape index (κ2) is 5.77. The van der Waals surface area contributed by atoms with Gasteiger partial charge in [0.25, 0.3) is 0 Å². The summed E-state index contributed by atoms with van der Waals surface area (Å²) in [5.74, 6) is -0.357. The summed E-state index contributed by atoms with van der Waals surface area (Å²) in [6.07, 6.45) is 1.35. The van der Waals surface area contributed by atoms with E-state index in [1.165, 1.54) is 13.3 Å². The van der Waals surface area contributed by atoms with Crippen LogP contribution in [-0.4, -0.2) is 24.0 Å². The molecular formula is C11H13BrN2O3. The van der Waals surface area contributed by atoms with E-state index in [1.54, 1.807) is 19.9 Å². The molecule has 0 unspecified atom stereocenters. The summed E-state index contributed by atoms with van der Waals surface area (Å²) in [6, 6.07) is 1.55. The van der Waals surface area contributed by atoms with E-state index in [-0.39, 0.29) is 11.8 Å². The Balaban J connectivity index is 2.90. The third kappa shape index (κ3) is 3.52. The lowest BCUT2D eigenvalue weighted by molar-refractivity contribution is -0.118. The van der Waals surface area contributed by atoms with Gasteiger partial charge >= 0.3 is 5.97 Å². The number of hydrogen-bond acceptors (Lipinski definition) is 4. The van der Waals surface area contributed by atoms with Gasteiger partial charge in [-0.15, -0.1) is 0 Å². The first-order chi connectivity index (χ1) is 7.95. The summed E-state index contributed by atoms with van der Waals surface area (Å²) in [7, 11) is 1.30. The fourth-order valence-corrected chi connectivity index (χ4v) is 1.47. The molecule has 5 nitrogen and oxygen atoms in total. The molecule has 0 aliphatic heterocycles. The summed E-state index contributed by atoms with van der Waals surface area (Å²) in [5.41, 5.74) is 0.321. The van der Waals surface area contributed by atoms with E-state index in [9.17, 15) is 9.59 Å². The van der Waals surface area contributed by atoms with Crippen molar-refractivity contribution in [2.24, 2.45) is 5.92 Å². The van der Waals surface area contributed by atoms with Crippen LogP contribution in [0.15, 0.2) is 16.7 Å². The number of esters is 1. The first-order valence-corrected chi connectivity index (χ1v) is 5.79. The molecule has 0 fully saturated rings. The number of halogens is 1. The van der Waals surface area contributed by atoms with Crippen LogP contribution in [0.1, 0.15) is 24.2 Å². The molecule has 1 rings (SSSR count). The Morgan fingerprint density at radius 3 is 2.59 bits per heavy atom. The number of carbonyl (C=O) groups excluding carboxylic acids is 2. The van der Waals surface area contributed by atoms with Crippen LogP contribution >= 0.6 is 15.9 Å². The average molecular weight is 301 g/mol. The van der Waals surface area contributed by atoms with Crippen LogP contribution in [-0.2, 0) is 9.53 Å². The number of pyridine rings is 1. The minimum absolute atomic E-state index is 0.135. The number of anilines is 1. The molecule has 17 heavy (non-hydrogen) atoms. The molecule has 0 aromatic carbocycles. The van der Waals surface area contributed by atoms with Gasteiger partial charge in [0.2, 0.25) is 5.91 Å². The normalized spacial score (nSPS) is 10.2. The quantitative estimate of drug-likeness (QED) is 0.869. The number of carbonyl (C=O) groups is 2. The molecule has 1 N–H and O–H groups in total. The van der Waals surface area contributed by atoms with Gasteiger partial charge in [0.1, 0.15) is 5.82 Å². The smallest absolute Gasteiger partial charge is 0.339 e. The van der Waals surface area contributed by atoms with E-state index in [0.717, 1.165) is 0 Å². The molecule has 1 amide bonds. The SMILES string of the molecule is COC(=O)c1cnc(NC(=O)C(C)C)c(Br)c1. The van der Waals surface area contributed by atoms with Crippen LogP contribution in [0, 0.1) is 5.92 Å². The molecule has 0 radical (unpaired) electrons. The van der Waals surface area contributed by atoms with Crippen LogP contribution < -0.4 is 5.32 Å². The van der Waals surface area contributed by atoms with Gasteiger partial charge in [0.15, 0.2) is 0 Å². The summed E-state index contributed by atoms with van der Waals surface area (Å²) < 4.78 is 5.10. The Labute approximate surface area is 108 Å². The number of ether oxygens (including phenoxy) is 1. The summed E-state index contributed by atoms with van der Waals surface area (Å²) in [5, 5.41) is 2.64. The molecule has 1 heterocycles. The van der Waals surface area contributed by atoms with Crippen LogP contribution in [0.5, 0.6) is 0 Å². The predicted octanol–water partition coefficient (Wildman–Crippen LogP) is 2.23. The van der Waals surface area contributed by atoms with Gasteiger partial charge < -0.3 is 10.1 Å². The van der Waals surface area contributed by atoms with Crippen molar-refractivity contribution in [2.45, 2.75) is 13.8 Å². The van der Waals surface area contributed by atoms with Crippen molar-refractivity contribution in [3.05, 3.63) is 22.3 Å². The molecule has 0 bridgehead atoms. The van der Waals surface area contributed by atoms with Gasteiger partial charge in [-0.05, 0) is 22.0 Å². The van der Waals surface area contributed by atoms with Crippen molar-refractivity contribution in [3.8, 4) is 0 Å². The van der Waals surface area contributed by atoms with Crippen LogP contribution in [0.2, 0.25) is 0 Å². The lowest BCUT2D eigenvalue weighted by Crippen LogP contribution is -2.19. The molecular weight excluding hydrogens is 288 g/mol. The number of aromatic nitrogens is 1. The van der Waals surface area contributed by atoms with Gasteiger partial charge in [-0.25, -0.2) is 9.78 Å². The molecule has 1 aromatic rings. The average Bonchev–Trinajstić information content (AvgIpc) is 2.30. The molecule has 0 aliphatic rings. The first-order valence-electron chi connectivity index (χ1n) is 5.00. The fraction of sp³-hybridized carbons (Fsp3) is 0.364. The van der Waals surface area contributed by atoms with E-state index < -0.39 is 5.97 Å². The van der Waals surface area contributed by atoms with E-state index in [1.807, 2.05) is 0 Å². The molecule has 6 heteroatoms. The number of nitrogens with zero attached hydrogens (tertiary/aromatic N) is 1. The number of hydrogen-bond donors (Lipinski definition) is 1. The minimum Gasteiger partial charge on any atom is -0.465 e. The maximum absolute atomic E-state index is 11.5. The highest BCUT2D eigenvalue weighted by Crippen LogP contribution is 2.21. The van der Waals surface area contributed by atoms with Gasteiger partial charge in [0, 0.05) is 12.1 Å². The Kier molecular flexibility index (Phi) is 4.62. The second-order valence-electron chi connectivity index (χ2n) is 3.69. The zero-order valence-electron chi connectivity index (χ0n) is 9.78. The Bertz CT molecular complexity index is 446. The zero-order valence-corrected chi connectivity index (χ0v) is 11.4. The topological polar surface area (TPSA) is 68.3 Å². The van der Waals surface area contributed by atoms with Gasteiger partial charge in [-0.2, -0.15) is 0 Å². The van der Waals surface area contributed by atoms with Crippen LogP contribution in [0.3, 0.4) is 0 Å². The standard InChI is InChI=1S/C11H13BrN2O3/c1-6(2)10(15)14-9-8(12)4-7(5-13-9)11(16)17-3/h4-6H,1-3H3,(H,13,14,15). The maximum Gasteiger partial charge on any atom is 0.339 e. The highest BCUT2D eigenvalue weighted by atomic mass is 79.9. The highest BCUT2D eigenvalue weighted by Gasteiger charge is 2.13. The third-order valence-corrected chi connectivity index (χ3v) is 2.63. The Morgan fingerprint density at radius 2 is 2.12 bits per heavy atom. The summed E-state index contributed by atoms with van der Waals surface area (Å²) in [4.78, 5) is 26.7. The summed E-state index contributed by atoms with van der Waals surface area (Å²) >= 11 is 3.24. The lowest BCUT2D eigenvalue weighted by atomic mass is 10.2. The monoisotopic (exact) mass is 300 g/mol. The Hall–Kier alpha value is -1.43. The number of methoxy groups -OCH3 is 1. The van der Waals surface area contributed by atoms with Crippen LogP contribution in [0.25, 0.3) is 0 Å². The zero-order chi connectivity index (χ0) is 13.0. The number of amides is 1. The molecule has 0 aliphatic carbocycles. The third-order valence-electron chi connectivity index (χ3n) is 2.03. The van der Waals surface area contributed by atoms with Crippen molar-refractivity contribution >= 4 is 33.6 Å². The van der Waals surface area contributed by atoms with Crippen LogP contribution in [0.4, 0.5) is 5.82 Å². The fourth-order valence-electron chi connectivity index (χ4n) is 1.02. The highest BCUT2D eigenvalue weighted by molar-refractivity contribution is 9.10. The number of nitrogens with one attached hydrogen (secondary N) is 1. The lowest BCUT2D eigenvalue weighted by Gasteiger charge is -2.09. The van der Waals surface area contributed by atoms with Gasteiger partial charge in [-0.3, -0.25) is 4.79 Å². The maximum atomic E-state index is 11.5. The second-order valence-corrected chi connectivity index (χ2v) is 4.54. The van der Waals surface area contributed by atoms with E-state index >= 15 is 0 Å². The van der Waals surface area contributed by atoms with Crippen molar-refractivity contribution in [1.29, 1.82) is 0 Å². The molecule has 1 aromatic heterocycles. The van der Waals surface area contributed by atoms with Gasteiger partial charge in [0.05, 0.1) is 17.1 Å². The molecule has 0 spiro atoms. The predicted molar refractivity (Wildman–Crippen MR) is 66.7 cm³/mol. The van der Waals surface area contributed by atoms with E-state index in [4.69, 9.17) is 0 Å². The van der Waals surface area contributed by atoms with Crippen molar-refractivity contribution in [3.63, 3.8) is 0 Å². The molecule has 0 saturated heterocycles. The van der Waals surface area contributed by atoms with E-state index in [0.29, 0.717) is 15.9 Å². The van der Waals surface area contributed by atoms with E-state index in [2.05, 4.69) is 31.0 Å². The largest absolute Gasteiger partial charge is 0.465 e. The molecule has 0 saturated carbocycles. The van der Waals surface area contributed by atoms with Gasteiger partial charge in [-0.1, -0.05) is 13.8 Å². The Morgan fingerprint density at radius 1 is 1.47 bits per heavy atom. The summed E-state index contributed by atoms with van der Waals surface area (Å²) in [6.45, 7) is 3.57. The molecule has 92 valence electrons. The number of rotatable bonds is 3. The van der Waals surface area contributed by atoms with Crippen molar-refractivity contribution in [2.75, 3.05) is 12.4 Å². The van der Waals surface area contributed by atoms with Crippen molar-refractivity contribution < 1.29 is 14.3 Å². The van der Waals surface area contributed by atoms with Crippen molar-refractivity contribution in [1.82, 2.24) is 4.98 Å². The molecule has 0 atom stereocenters. The minimum atomic E-state index is -0.472.